The SMILES string of the molecule is OCC1(SC2CCNC2)CCCCC1. The Morgan fingerprint density at radius 2 is 2.07 bits per heavy atom. The molecule has 1 saturated heterocycles. The van der Waals surface area contributed by atoms with E-state index in [4.69, 9.17) is 0 Å². The molecule has 2 N–H and O–H groups in total. The van der Waals surface area contributed by atoms with Gasteiger partial charge in [0.25, 0.3) is 0 Å². The summed E-state index contributed by atoms with van der Waals surface area (Å²) in [6.07, 6.45) is 7.73. The maximum atomic E-state index is 9.56. The van der Waals surface area contributed by atoms with E-state index in [2.05, 4.69) is 17.1 Å². The van der Waals surface area contributed by atoms with Gasteiger partial charge in [-0.1, -0.05) is 19.3 Å². The minimum Gasteiger partial charge on any atom is -0.395 e. The zero-order valence-electron chi connectivity index (χ0n) is 8.80. The lowest BCUT2D eigenvalue weighted by molar-refractivity contribution is 0.214. The Balaban J connectivity index is 1.89. The first-order valence-corrected chi connectivity index (χ1v) is 6.72. The van der Waals surface area contributed by atoms with Crippen LogP contribution in [0.4, 0.5) is 0 Å². The Morgan fingerprint density at radius 3 is 2.64 bits per heavy atom. The molecule has 1 aliphatic heterocycles. The number of rotatable bonds is 3. The van der Waals surface area contributed by atoms with Crippen molar-refractivity contribution < 1.29 is 5.11 Å². The molecule has 2 aliphatic rings. The Labute approximate surface area is 90.8 Å². The van der Waals surface area contributed by atoms with Gasteiger partial charge < -0.3 is 10.4 Å². The molecular formula is C11H21NOS. The van der Waals surface area contributed by atoms with E-state index >= 15 is 0 Å². The van der Waals surface area contributed by atoms with Crippen LogP contribution in [-0.4, -0.2) is 34.8 Å². The summed E-state index contributed by atoms with van der Waals surface area (Å²) in [5.74, 6) is 0. The highest BCUT2D eigenvalue weighted by Crippen LogP contribution is 2.42. The predicted octanol–water partition coefficient (Wildman–Crippen LogP) is 1.78. The molecule has 0 aromatic carbocycles. The van der Waals surface area contributed by atoms with Crippen LogP contribution in [0, 0.1) is 0 Å². The number of hydrogen-bond donors (Lipinski definition) is 2. The van der Waals surface area contributed by atoms with Crippen molar-refractivity contribution in [2.24, 2.45) is 0 Å². The predicted molar refractivity (Wildman–Crippen MR) is 61.8 cm³/mol. The quantitative estimate of drug-likeness (QED) is 0.752. The fourth-order valence-electron chi connectivity index (χ4n) is 2.59. The summed E-state index contributed by atoms with van der Waals surface area (Å²) in [6.45, 7) is 2.69. The van der Waals surface area contributed by atoms with Crippen LogP contribution in [-0.2, 0) is 0 Å². The van der Waals surface area contributed by atoms with Gasteiger partial charge in [0.1, 0.15) is 0 Å². The van der Waals surface area contributed by atoms with Crippen LogP contribution < -0.4 is 5.32 Å². The lowest BCUT2D eigenvalue weighted by Gasteiger charge is -2.36. The van der Waals surface area contributed by atoms with Crippen molar-refractivity contribution >= 4 is 11.8 Å². The van der Waals surface area contributed by atoms with Gasteiger partial charge in [0.05, 0.1) is 6.61 Å². The van der Waals surface area contributed by atoms with Crippen molar-refractivity contribution in [3.8, 4) is 0 Å². The van der Waals surface area contributed by atoms with Crippen LogP contribution in [0.15, 0.2) is 0 Å². The molecule has 1 atom stereocenters. The maximum Gasteiger partial charge on any atom is 0.0578 e. The van der Waals surface area contributed by atoms with E-state index in [0.29, 0.717) is 6.61 Å². The summed E-state index contributed by atoms with van der Waals surface area (Å²) in [6, 6.07) is 0. The normalized spacial score (nSPS) is 31.9. The first kappa shape index (κ1) is 10.8. The van der Waals surface area contributed by atoms with Gasteiger partial charge in [-0.2, -0.15) is 0 Å². The number of aliphatic hydroxyl groups is 1. The highest BCUT2D eigenvalue weighted by molar-refractivity contribution is 8.01. The van der Waals surface area contributed by atoms with E-state index in [-0.39, 0.29) is 4.75 Å². The van der Waals surface area contributed by atoms with Crippen LogP contribution in [0.2, 0.25) is 0 Å². The Kier molecular flexibility index (Phi) is 3.74. The Hall–Kier alpha value is 0.270. The summed E-state index contributed by atoms with van der Waals surface area (Å²) in [5, 5.41) is 13.7. The molecule has 82 valence electrons. The van der Waals surface area contributed by atoms with E-state index in [1.54, 1.807) is 0 Å². The molecule has 1 unspecified atom stereocenters. The summed E-state index contributed by atoms with van der Waals surface area (Å²) in [4.78, 5) is 0. The summed E-state index contributed by atoms with van der Waals surface area (Å²) < 4.78 is 0.217. The molecule has 3 heteroatoms. The van der Waals surface area contributed by atoms with Crippen LogP contribution in [0.3, 0.4) is 0 Å². The smallest absolute Gasteiger partial charge is 0.0578 e. The van der Waals surface area contributed by atoms with Crippen LogP contribution in [0.25, 0.3) is 0 Å². The fraction of sp³-hybridized carbons (Fsp3) is 1.00. The molecule has 1 aliphatic carbocycles. The average Bonchev–Trinajstić information content (AvgIpc) is 2.72. The molecule has 2 fully saturated rings. The van der Waals surface area contributed by atoms with Gasteiger partial charge in [-0.25, -0.2) is 0 Å². The van der Waals surface area contributed by atoms with Gasteiger partial charge in [0.2, 0.25) is 0 Å². The van der Waals surface area contributed by atoms with Crippen molar-refractivity contribution in [3.05, 3.63) is 0 Å². The monoisotopic (exact) mass is 215 g/mol. The number of aliphatic hydroxyl groups excluding tert-OH is 1. The molecule has 1 saturated carbocycles. The fourth-order valence-corrected chi connectivity index (χ4v) is 4.33. The molecule has 0 bridgehead atoms. The second-order valence-electron chi connectivity index (χ2n) is 4.63. The van der Waals surface area contributed by atoms with Gasteiger partial charge in [0.15, 0.2) is 0 Å². The number of hydrogen-bond acceptors (Lipinski definition) is 3. The van der Waals surface area contributed by atoms with E-state index in [0.717, 1.165) is 11.8 Å². The van der Waals surface area contributed by atoms with Crippen molar-refractivity contribution in [2.75, 3.05) is 19.7 Å². The third kappa shape index (κ3) is 2.44. The lowest BCUT2D eigenvalue weighted by Crippen LogP contribution is -2.34. The summed E-state index contributed by atoms with van der Waals surface area (Å²) >= 11 is 2.06. The largest absolute Gasteiger partial charge is 0.395 e. The molecule has 2 rings (SSSR count). The molecular weight excluding hydrogens is 194 g/mol. The summed E-state index contributed by atoms with van der Waals surface area (Å²) in [7, 11) is 0. The first-order chi connectivity index (χ1) is 6.85. The van der Waals surface area contributed by atoms with Gasteiger partial charge in [-0.05, 0) is 25.8 Å². The van der Waals surface area contributed by atoms with E-state index < -0.39 is 0 Å². The lowest BCUT2D eigenvalue weighted by atomic mass is 9.89. The van der Waals surface area contributed by atoms with Gasteiger partial charge in [-0.15, -0.1) is 11.8 Å². The molecule has 0 aromatic heterocycles. The number of nitrogens with one attached hydrogen (secondary N) is 1. The van der Waals surface area contributed by atoms with Crippen molar-refractivity contribution in [2.45, 2.75) is 48.5 Å². The molecule has 0 amide bonds. The second kappa shape index (κ2) is 4.86. The third-order valence-electron chi connectivity index (χ3n) is 3.48. The minimum absolute atomic E-state index is 0.217. The van der Waals surface area contributed by atoms with Crippen molar-refractivity contribution in [1.82, 2.24) is 5.32 Å². The maximum absolute atomic E-state index is 9.56. The molecule has 14 heavy (non-hydrogen) atoms. The third-order valence-corrected chi connectivity index (χ3v) is 5.26. The van der Waals surface area contributed by atoms with Crippen molar-refractivity contribution in [1.29, 1.82) is 0 Å². The first-order valence-electron chi connectivity index (χ1n) is 5.84. The molecule has 0 spiro atoms. The molecule has 1 heterocycles. The Morgan fingerprint density at radius 1 is 1.29 bits per heavy atom. The molecule has 2 nitrogen and oxygen atoms in total. The van der Waals surface area contributed by atoms with E-state index in [9.17, 15) is 5.11 Å². The molecule has 0 aromatic rings. The Bertz CT molecular complexity index is 174. The van der Waals surface area contributed by atoms with Crippen LogP contribution in [0.1, 0.15) is 38.5 Å². The number of thioether (sulfide) groups is 1. The van der Waals surface area contributed by atoms with E-state index in [1.807, 2.05) is 0 Å². The topological polar surface area (TPSA) is 32.3 Å². The highest BCUT2D eigenvalue weighted by atomic mass is 32.2. The standard InChI is InChI=1S/C11H21NOS/c13-9-11(5-2-1-3-6-11)14-10-4-7-12-8-10/h10,12-13H,1-9H2. The summed E-state index contributed by atoms with van der Waals surface area (Å²) in [5.41, 5.74) is 0. The van der Waals surface area contributed by atoms with Crippen LogP contribution >= 0.6 is 11.8 Å². The zero-order chi connectivity index (χ0) is 9.86. The van der Waals surface area contributed by atoms with Crippen molar-refractivity contribution in [3.63, 3.8) is 0 Å². The van der Waals surface area contributed by atoms with Crippen LogP contribution in [0.5, 0.6) is 0 Å². The van der Waals surface area contributed by atoms with Gasteiger partial charge in [-0.3, -0.25) is 0 Å². The zero-order valence-corrected chi connectivity index (χ0v) is 9.61. The van der Waals surface area contributed by atoms with E-state index in [1.165, 1.54) is 45.1 Å². The highest BCUT2D eigenvalue weighted by Gasteiger charge is 2.35. The molecule has 0 radical (unpaired) electrons. The second-order valence-corrected chi connectivity index (χ2v) is 6.40. The minimum atomic E-state index is 0.217. The van der Waals surface area contributed by atoms with Gasteiger partial charge in [0, 0.05) is 16.5 Å². The van der Waals surface area contributed by atoms with Gasteiger partial charge >= 0.3 is 0 Å². The average molecular weight is 215 g/mol.